The molecule has 31 heavy (non-hydrogen) atoms. The van der Waals surface area contributed by atoms with Crippen molar-refractivity contribution in [1.29, 1.82) is 0 Å². The van der Waals surface area contributed by atoms with Gasteiger partial charge in [0.1, 0.15) is 11.9 Å². The van der Waals surface area contributed by atoms with Gasteiger partial charge in [-0.25, -0.2) is 20.3 Å². The highest BCUT2D eigenvalue weighted by Gasteiger charge is 2.39. The van der Waals surface area contributed by atoms with E-state index in [-0.39, 0.29) is 30.2 Å². The standard InChI is InChI=1S/C20H27N5O6/c26-12-24(31)11-15(9-13-3-1-2-4-13)19(28)25-16(7-8-22-25)18(27)23-17-6-5-14(10-21-17)20(29)30/h5-6,10,12-13,15-16,22,31H,1-4,7-9,11H2,(H,29,30)(H,21,23,27). The third-order valence-corrected chi connectivity index (χ3v) is 5.78. The largest absolute Gasteiger partial charge is 0.478 e. The number of amides is 3. The van der Waals surface area contributed by atoms with Gasteiger partial charge in [-0.3, -0.25) is 24.6 Å². The highest BCUT2D eigenvalue weighted by Crippen LogP contribution is 2.31. The Kier molecular flexibility index (Phi) is 7.53. The van der Waals surface area contributed by atoms with Crippen molar-refractivity contribution in [2.75, 3.05) is 18.4 Å². The number of carbonyl (C=O) groups is 4. The van der Waals surface area contributed by atoms with Gasteiger partial charge in [0.05, 0.1) is 18.0 Å². The van der Waals surface area contributed by atoms with E-state index in [1.165, 1.54) is 17.1 Å². The Morgan fingerprint density at radius 2 is 2.03 bits per heavy atom. The number of aromatic nitrogens is 1. The minimum absolute atomic E-state index is 0.00386. The van der Waals surface area contributed by atoms with Crippen LogP contribution in [0, 0.1) is 11.8 Å². The topological polar surface area (TPSA) is 152 Å². The minimum Gasteiger partial charge on any atom is -0.478 e. The second-order valence-corrected chi connectivity index (χ2v) is 7.96. The van der Waals surface area contributed by atoms with E-state index in [4.69, 9.17) is 5.11 Å². The molecule has 2 heterocycles. The number of carboxylic acids is 1. The molecule has 11 heteroatoms. The summed E-state index contributed by atoms with van der Waals surface area (Å²) in [5.41, 5.74) is 2.93. The monoisotopic (exact) mass is 433 g/mol. The number of hydrogen-bond donors (Lipinski definition) is 4. The summed E-state index contributed by atoms with van der Waals surface area (Å²) in [6.45, 7) is 0.283. The fraction of sp³-hybridized carbons (Fsp3) is 0.550. The van der Waals surface area contributed by atoms with E-state index in [0.717, 1.165) is 31.9 Å². The molecule has 2 unspecified atom stereocenters. The molecule has 11 nitrogen and oxygen atoms in total. The number of hydrogen-bond acceptors (Lipinski definition) is 7. The molecule has 0 spiro atoms. The summed E-state index contributed by atoms with van der Waals surface area (Å²) in [7, 11) is 0. The van der Waals surface area contributed by atoms with E-state index >= 15 is 0 Å². The van der Waals surface area contributed by atoms with Crippen LogP contribution in [0.3, 0.4) is 0 Å². The molecule has 0 aromatic carbocycles. The third-order valence-electron chi connectivity index (χ3n) is 5.78. The van der Waals surface area contributed by atoms with Crippen molar-refractivity contribution in [3.05, 3.63) is 23.9 Å². The van der Waals surface area contributed by atoms with Gasteiger partial charge in [-0.15, -0.1) is 0 Å². The second-order valence-electron chi connectivity index (χ2n) is 7.96. The summed E-state index contributed by atoms with van der Waals surface area (Å²) >= 11 is 0. The van der Waals surface area contributed by atoms with Crippen LogP contribution in [0.1, 0.15) is 48.9 Å². The fourth-order valence-electron chi connectivity index (χ4n) is 4.21. The van der Waals surface area contributed by atoms with E-state index in [9.17, 15) is 24.4 Å². The summed E-state index contributed by atoms with van der Waals surface area (Å²) in [4.78, 5) is 51.7. The van der Waals surface area contributed by atoms with Gasteiger partial charge in [-0.1, -0.05) is 25.7 Å². The molecule has 3 rings (SSSR count). The van der Waals surface area contributed by atoms with Crippen molar-refractivity contribution in [3.63, 3.8) is 0 Å². The number of hydroxylamine groups is 2. The van der Waals surface area contributed by atoms with Crippen LogP contribution in [0.15, 0.2) is 18.3 Å². The Balaban J connectivity index is 1.68. The molecular weight excluding hydrogens is 406 g/mol. The molecule has 2 aliphatic rings. The summed E-state index contributed by atoms with van der Waals surface area (Å²) in [5.74, 6) is -2.03. The maximum atomic E-state index is 13.2. The molecule has 0 bridgehead atoms. The number of nitrogens with one attached hydrogen (secondary N) is 2. The van der Waals surface area contributed by atoms with Crippen LogP contribution >= 0.6 is 0 Å². The highest BCUT2D eigenvalue weighted by atomic mass is 16.5. The first-order valence-corrected chi connectivity index (χ1v) is 10.4. The first-order valence-electron chi connectivity index (χ1n) is 10.4. The van der Waals surface area contributed by atoms with Crippen molar-refractivity contribution in [3.8, 4) is 0 Å². The Morgan fingerprint density at radius 1 is 1.29 bits per heavy atom. The quantitative estimate of drug-likeness (QED) is 0.254. The molecule has 1 saturated heterocycles. The number of carboxylic acid groups (broad SMARTS) is 1. The lowest BCUT2D eigenvalue weighted by molar-refractivity contribution is -0.159. The molecule has 168 valence electrons. The molecule has 1 saturated carbocycles. The van der Waals surface area contributed by atoms with Crippen LogP contribution in [-0.2, 0) is 14.4 Å². The molecule has 2 atom stereocenters. The zero-order chi connectivity index (χ0) is 22.4. The lowest BCUT2D eigenvalue weighted by Crippen LogP contribution is -2.51. The third kappa shape index (κ3) is 5.76. The molecule has 3 amide bonds. The molecule has 2 fully saturated rings. The number of aromatic carboxylic acids is 1. The molecular formula is C20H27N5O6. The Labute approximate surface area is 179 Å². The van der Waals surface area contributed by atoms with Gasteiger partial charge in [0.25, 0.3) is 0 Å². The van der Waals surface area contributed by atoms with Crippen molar-refractivity contribution in [2.45, 2.75) is 44.6 Å². The number of rotatable bonds is 9. The van der Waals surface area contributed by atoms with E-state index in [2.05, 4.69) is 15.7 Å². The molecule has 1 aliphatic heterocycles. The van der Waals surface area contributed by atoms with Gasteiger partial charge >= 0.3 is 5.97 Å². The number of hydrazine groups is 1. The van der Waals surface area contributed by atoms with Crippen LogP contribution in [0.2, 0.25) is 0 Å². The Morgan fingerprint density at radius 3 is 2.65 bits per heavy atom. The van der Waals surface area contributed by atoms with Crippen LogP contribution < -0.4 is 10.7 Å². The maximum Gasteiger partial charge on any atom is 0.337 e. The van der Waals surface area contributed by atoms with Crippen molar-refractivity contribution < 1.29 is 29.5 Å². The van der Waals surface area contributed by atoms with Crippen molar-refractivity contribution in [1.82, 2.24) is 20.5 Å². The predicted molar refractivity (Wildman–Crippen MR) is 108 cm³/mol. The number of nitrogens with zero attached hydrogens (tertiary/aromatic N) is 3. The number of anilines is 1. The van der Waals surface area contributed by atoms with Crippen LogP contribution in [-0.4, -0.2) is 68.7 Å². The molecule has 0 radical (unpaired) electrons. The summed E-state index contributed by atoms with van der Waals surface area (Å²) in [6, 6.07) is 1.92. The van der Waals surface area contributed by atoms with Crippen molar-refractivity contribution >= 4 is 30.0 Å². The fourth-order valence-corrected chi connectivity index (χ4v) is 4.21. The van der Waals surface area contributed by atoms with Crippen LogP contribution in [0.25, 0.3) is 0 Å². The van der Waals surface area contributed by atoms with Gasteiger partial charge in [-0.05, 0) is 30.9 Å². The summed E-state index contributed by atoms with van der Waals surface area (Å²) in [6.07, 6.45) is 6.54. The Hall–Kier alpha value is -3.05. The second kappa shape index (κ2) is 10.3. The summed E-state index contributed by atoms with van der Waals surface area (Å²) in [5, 5.41) is 23.0. The minimum atomic E-state index is -1.12. The van der Waals surface area contributed by atoms with Gasteiger partial charge in [-0.2, -0.15) is 0 Å². The molecule has 1 aromatic rings. The van der Waals surface area contributed by atoms with Gasteiger partial charge in [0.15, 0.2) is 0 Å². The van der Waals surface area contributed by atoms with E-state index in [0.29, 0.717) is 30.4 Å². The Bertz CT molecular complexity index is 811. The lowest BCUT2D eigenvalue weighted by atomic mass is 9.92. The maximum absolute atomic E-state index is 13.2. The molecule has 4 N–H and O–H groups in total. The average Bonchev–Trinajstić information content (AvgIpc) is 3.45. The number of carbonyl (C=O) groups excluding carboxylic acids is 3. The molecule has 1 aromatic heterocycles. The van der Waals surface area contributed by atoms with E-state index in [1.54, 1.807) is 0 Å². The van der Waals surface area contributed by atoms with E-state index in [1.807, 2.05) is 0 Å². The first-order chi connectivity index (χ1) is 14.9. The normalized spacial score (nSPS) is 19.8. The lowest BCUT2D eigenvalue weighted by Gasteiger charge is -2.29. The van der Waals surface area contributed by atoms with Gasteiger partial charge in [0.2, 0.25) is 18.2 Å². The zero-order valence-corrected chi connectivity index (χ0v) is 17.1. The predicted octanol–water partition coefficient (Wildman–Crippen LogP) is 0.868. The van der Waals surface area contributed by atoms with Crippen LogP contribution in [0.4, 0.5) is 5.82 Å². The molecule has 1 aliphatic carbocycles. The van der Waals surface area contributed by atoms with Crippen molar-refractivity contribution in [2.24, 2.45) is 11.8 Å². The van der Waals surface area contributed by atoms with Crippen LogP contribution in [0.5, 0.6) is 0 Å². The smallest absolute Gasteiger partial charge is 0.337 e. The van der Waals surface area contributed by atoms with Gasteiger partial charge in [0, 0.05) is 12.7 Å². The average molecular weight is 433 g/mol. The van der Waals surface area contributed by atoms with Gasteiger partial charge < -0.3 is 10.4 Å². The van der Waals surface area contributed by atoms with E-state index < -0.39 is 23.8 Å². The summed E-state index contributed by atoms with van der Waals surface area (Å²) < 4.78 is 0. The SMILES string of the molecule is O=CN(O)CC(CC1CCCC1)C(=O)N1NCCC1C(=O)Nc1ccc(C(=O)O)cn1. The zero-order valence-electron chi connectivity index (χ0n) is 17.1. The first kappa shape index (κ1) is 22.6. The number of pyridine rings is 1. The highest BCUT2D eigenvalue weighted by molar-refractivity contribution is 5.97.